The number of amides is 1. The quantitative estimate of drug-likeness (QED) is 0.751. The Morgan fingerprint density at radius 3 is 2.86 bits per heavy atom. The summed E-state index contributed by atoms with van der Waals surface area (Å²) in [5, 5.41) is 21.1. The SMILES string of the molecule is C[C@@]1(O)CCN(C(=O)c2[nH]c3ccccc3c2Cl)C[C@@H]1O. The number of aliphatic hydroxyl groups is 2. The van der Waals surface area contributed by atoms with Crippen LogP contribution in [0.1, 0.15) is 23.8 Å². The molecule has 0 unspecified atom stereocenters. The van der Waals surface area contributed by atoms with Crippen molar-refractivity contribution in [2.75, 3.05) is 13.1 Å². The van der Waals surface area contributed by atoms with Crippen molar-refractivity contribution in [1.29, 1.82) is 0 Å². The van der Waals surface area contributed by atoms with E-state index in [1.807, 2.05) is 24.3 Å². The second-order valence-electron chi connectivity index (χ2n) is 5.73. The van der Waals surface area contributed by atoms with E-state index in [9.17, 15) is 15.0 Å². The van der Waals surface area contributed by atoms with Crippen molar-refractivity contribution in [1.82, 2.24) is 9.88 Å². The first-order valence-electron chi connectivity index (χ1n) is 6.86. The van der Waals surface area contributed by atoms with Crippen LogP contribution in [0.3, 0.4) is 0 Å². The van der Waals surface area contributed by atoms with E-state index in [-0.39, 0.29) is 12.5 Å². The number of hydrogen-bond acceptors (Lipinski definition) is 3. The molecular weight excluding hydrogens is 292 g/mol. The van der Waals surface area contributed by atoms with Gasteiger partial charge in [-0.1, -0.05) is 29.8 Å². The Hall–Kier alpha value is -1.56. The van der Waals surface area contributed by atoms with Crippen LogP contribution in [0.2, 0.25) is 5.02 Å². The summed E-state index contributed by atoms with van der Waals surface area (Å²) in [4.78, 5) is 17.1. The molecular formula is C15H17ClN2O3. The van der Waals surface area contributed by atoms with Gasteiger partial charge in [0, 0.05) is 24.0 Å². The van der Waals surface area contributed by atoms with E-state index in [1.165, 1.54) is 4.90 Å². The number of fused-ring (bicyclic) bond motifs is 1. The van der Waals surface area contributed by atoms with Gasteiger partial charge in [0.05, 0.1) is 16.7 Å². The minimum atomic E-state index is -1.15. The summed E-state index contributed by atoms with van der Waals surface area (Å²) in [7, 11) is 0. The van der Waals surface area contributed by atoms with Gasteiger partial charge in [0.1, 0.15) is 5.69 Å². The number of aromatic amines is 1. The Morgan fingerprint density at radius 1 is 1.48 bits per heavy atom. The van der Waals surface area contributed by atoms with Crippen molar-refractivity contribution in [3.05, 3.63) is 35.0 Å². The highest BCUT2D eigenvalue weighted by atomic mass is 35.5. The zero-order valence-electron chi connectivity index (χ0n) is 11.6. The Kier molecular flexibility index (Phi) is 3.43. The summed E-state index contributed by atoms with van der Waals surface area (Å²) in [6.45, 7) is 2.06. The summed E-state index contributed by atoms with van der Waals surface area (Å²) >= 11 is 6.27. The average molecular weight is 309 g/mol. The van der Waals surface area contributed by atoms with Crippen LogP contribution in [0.15, 0.2) is 24.3 Å². The van der Waals surface area contributed by atoms with Crippen LogP contribution in [-0.2, 0) is 0 Å². The topological polar surface area (TPSA) is 76.6 Å². The molecule has 112 valence electrons. The Morgan fingerprint density at radius 2 is 2.19 bits per heavy atom. The van der Waals surface area contributed by atoms with Crippen molar-refractivity contribution < 1.29 is 15.0 Å². The van der Waals surface area contributed by atoms with E-state index in [0.717, 1.165) is 10.9 Å². The lowest BCUT2D eigenvalue weighted by molar-refractivity contribution is -0.0999. The molecule has 2 aromatic rings. The number of para-hydroxylation sites is 1. The number of β-amino-alcohol motifs (C(OH)–C–C–N with tert-alkyl or cyclic N) is 1. The maximum Gasteiger partial charge on any atom is 0.271 e. The predicted octanol–water partition coefficient (Wildman–Crippen LogP) is 1.78. The summed E-state index contributed by atoms with van der Waals surface area (Å²) in [6, 6.07) is 7.43. The number of carbonyl (C=O) groups excluding carboxylic acids is 1. The zero-order chi connectivity index (χ0) is 15.2. The lowest BCUT2D eigenvalue weighted by Gasteiger charge is -2.39. The maximum atomic E-state index is 12.6. The molecule has 0 radical (unpaired) electrons. The molecule has 1 fully saturated rings. The molecule has 0 aliphatic carbocycles. The molecule has 21 heavy (non-hydrogen) atoms. The standard InChI is InChI=1S/C15H17ClN2O3/c1-15(21)6-7-18(8-11(15)19)14(20)13-12(16)9-4-2-3-5-10(9)17-13/h2-5,11,17,19,21H,6-8H2,1H3/t11-,15+/m0/s1. The van der Waals surface area contributed by atoms with Gasteiger partial charge in [-0.25, -0.2) is 0 Å². The molecule has 3 rings (SSSR count). The molecule has 1 aliphatic rings. The molecule has 3 N–H and O–H groups in total. The molecule has 1 aliphatic heterocycles. The van der Waals surface area contributed by atoms with Crippen LogP contribution in [0.4, 0.5) is 0 Å². The lowest BCUT2D eigenvalue weighted by Crippen LogP contribution is -2.55. The molecule has 0 bridgehead atoms. The van der Waals surface area contributed by atoms with Gasteiger partial charge in [0.2, 0.25) is 0 Å². The second kappa shape index (κ2) is 5.02. The van der Waals surface area contributed by atoms with Crippen LogP contribution in [0, 0.1) is 0 Å². The van der Waals surface area contributed by atoms with Gasteiger partial charge in [0.15, 0.2) is 0 Å². The molecule has 0 spiro atoms. The third-order valence-corrected chi connectivity index (χ3v) is 4.54. The van der Waals surface area contributed by atoms with Crippen LogP contribution >= 0.6 is 11.6 Å². The number of likely N-dealkylation sites (tertiary alicyclic amines) is 1. The first-order chi connectivity index (χ1) is 9.90. The number of halogens is 1. The number of aliphatic hydroxyl groups excluding tert-OH is 1. The fourth-order valence-electron chi connectivity index (χ4n) is 2.62. The number of benzene rings is 1. The second-order valence-corrected chi connectivity index (χ2v) is 6.11. The van der Waals surface area contributed by atoms with Gasteiger partial charge in [-0.05, 0) is 19.4 Å². The Labute approximate surface area is 127 Å². The molecule has 0 saturated carbocycles. The van der Waals surface area contributed by atoms with Crippen LogP contribution in [0.25, 0.3) is 10.9 Å². The van der Waals surface area contributed by atoms with Gasteiger partial charge in [-0.2, -0.15) is 0 Å². The minimum absolute atomic E-state index is 0.0948. The van der Waals surface area contributed by atoms with Crippen molar-refractivity contribution in [2.45, 2.75) is 25.0 Å². The van der Waals surface area contributed by atoms with Gasteiger partial charge >= 0.3 is 0 Å². The van der Waals surface area contributed by atoms with E-state index < -0.39 is 11.7 Å². The molecule has 2 heterocycles. The first-order valence-corrected chi connectivity index (χ1v) is 7.24. The number of nitrogens with zero attached hydrogens (tertiary/aromatic N) is 1. The number of nitrogens with one attached hydrogen (secondary N) is 1. The number of rotatable bonds is 1. The summed E-state index contributed by atoms with van der Waals surface area (Å²) in [5.74, 6) is -0.259. The highest BCUT2D eigenvalue weighted by Crippen LogP contribution is 2.29. The van der Waals surface area contributed by atoms with E-state index in [4.69, 9.17) is 11.6 Å². The largest absolute Gasteiger partial charge is 0.388 e. The monoisotopic (exact) mass is 308 g/mol. The number of H-pyrrole nitrogens is 1. The average Bonchev–Trinajstić information content (AvgIpc) is 2.79. The smallest absolute Gasteiger partial charge is 0.271 e. The van der Waals surface area contributed by atoms with E-state index >= 15 is 0 Å². The Balaban J connectivity index is 1.89. The summed E-state index contributed by atoms with van der Waals surface area (Å²) < 4.78 is 0. The molecule has 1 aromatic heterocycles. The third-order valence-electron chi connectivity index (χ3n) is 4.14. The van der Waals surface area contributed by atoms with Gasteiger partial charge in [-0.15, -0.1) is 0 Å². The summed E-state index contributed by atoms with van der Waals surface area (Å²) in [6.07, 6.45) is -0.629. The van der Waals surface area contributed by atoms with Gasteiger partial charge in [0.25, 0.3) is 5.91 Å². The van der Waals surface area contributed by atoms with Crippen molar-refractivity contribution in [3.8, 4) is 0 Å². The molecule has 2 atom stereocenters. The molecule has 1 aromatic carbocycles. The summed E-state index contributed by atoms with van der Waals surface area (Å²) in [5.41, 5.74) is -0.0249. The van der Waals surface area contributed by atoms with Crippen molar-refractivity contribution in [2.24, 2.45) is 0 Å². The van der Waals surface area contributed by atoms with Gasteiger partial charge < -0.3 is 20.1 Å². The fourth-order valence-corrected chi connectivity index (χ4v) is 2.92. The number of piperidine rings is 1. The molecule has 1 amide bonds. The zero-order valence-corrected chi connectivity index (χ0v) is 12.4. The highest BCUT2D eigenvalue weighted by Gasteiger charge is 2.38. The highest BCUT2D eigenvalue weighted by molar-refractivity contribution is 6.38. The number of aromatic nitrogens is 1. The van der Waals surface area contributed by atoms with Crippen LogP contribution < -0.4 is 0 Å². The normalized spacial score (nSPS) is 26.3. The van der Waals surface area contributed by atoms with Crippen molar-refractivity contribution >= 4 is 28.4 Å². The third kappa shape index (κ3) is 2.41. The Bertz CT molecular complexity index is 695. The number of carbonyl (C=O) groups is 1. The predicted molar refractivity (Wildman–Crippen MR) is 80.5 cm³/mol. The lowest BCUT2D eigenvalue weighted by atomic mass is 9.90. The van der Waals surface area contributed by atoms with Gasteiger partial charge in [-0.3, -0.25) is 4.79 Å². The van der Waals surface area contributed by atoms with Crippen LogP contribution in [-0.4, -0.2) is 50.8 Å². The molecule has 5 nitrogen and oxygen atoms in total. The van der Waals surface area contributed by atoms with E-state index in [2.05, 4.69) is 4.98 Å². The maximum absolute atomic E-state index is 12.6. The fraction of sp³-hybridized carbons (Fsp3) is 0.400. The number of hydrogen-bond donors (Lipinski definition) is 3. The minimum Gasteiger partial charge on any atom is -0.388 e. The van der Waals surface area contributed by atoms with Crippen molar-refractivity contribution in [3.63, 3.8) is 0 Å². The van der Waals surface area contributed by atoms with E-state index in [0.29, 0.717) is 23.7 Å². The first kappa shape index (κ1) is 14.4. The van der Waals surface area contributed by atoms with Crippen LogP contribution in [0.5, 0.6) is 0 Å². The molecule has 1 saturated heterocycles. The molecule has 6 heteroatoms. The van der Waals surface area contributed by atoms with E-state index in [1.54, 1.807) is 6.92 Å².